The monoisotopic (exact) mass is 711 g/mol. The van der Waals surface area contributed by atoms with Gasteiger partial charge in [0, 0.05) is 21.9 Å². The first-order valence-corrected chi connectivity index (χ1v) is 19.7. The van der Waals surface area contributed by atoms with E-state index >= 15 is 0 Å². The summed E-state index contributed by atoms with van der Waals surface area (Å²) in [5, 5.41) is 12.7. The lowest BCUT2D eigenvalue weighted by Crippen LogP contribution is -2.15. The van der Waals surface area contributed by atoms with E-state index in [0.717, 1.165) is 0 Å². The van der Waals surface area contributed by atoms with Gasteiger partial charge in [-0.3, -0.25) is 0 Å². The Morgan fingerprint density at radius 1 is 0.321 bits per heavy atom. The van der Waals surface area contributed by atoms with Gasteiger partial charge in [0.05, 0.1) is 11.0 Å². The second-order valence-electron chi connectivity index (χ2n) is 16.1. The average Bonchev–Trinajstić information content (AvgIpc) is 3.70. The molecule has 262 valence electrons. The molecule has 0 saturated carbocycles. The molecule has 0 unspecified atom stereocenters. The Morgan fingerprint density at radius 3 is 1.36 bits per heavy atom. The average molecular weight is 712 g/mol. The molecule has 56 heavy (non-hydrogen) atoms. The molecule has 0 fully saturated rings. The van der Waals surface area contributed by atoms with Crippen LogP contribution < -0.4 is 0 Å². The van der Waals surface area contributed by atoms with Gasteiger partial charge in [0.1, 0.15) is 0 Å². The highest BCUT2D eigenvalue weighted by molar-refractivity contribution is 6.18. The molecule has 10 aromatic carbocycles. The molecule has 1 aromatic heterocycles. The zero-order valence-corrected chi connectivity index (χ0v) is 31.3. The summed E-state index contributed by atoms with van der Waals surface area (Å²) in [4.78, 5) is 0. The summed E-state index contributed by atoms with van der Waals surface area (Å²) in [7, 11) is 0. The SMILES string of the molecule is CC1(C)c2ccccc2-c2ccc(-n3c4ccc(-c5cc6ccccc6c6ccccc56)cc4c4cc(-c5cc6ccccc6c6ccccc56)ccc43)cc21. The lowest BCUT2D eigenvalue weighted by Gasteiger charge is -2.22. The van der Waals surface area contributed by atoms with Crippen molar-refractivity contribution in [3.8, 4) is 39.1 Å². The first-order chi connectivity index (χ1) is 27.5. The van der Waals surface area contributed by atoms with Crippen molar-refractivity contribution >= 4 is 64.9 Å². The van der Waals surface area contributed by atoms with Crippen LogP contribution in [0.1, 0.15) is 25.0 Å². The molecule has 1 aliphatic carbocycles. The number of hydrogen-bond donors (Lipinski definition) is 0. The van der Waals surface area contributed by atoms with Crippen LogP contribution in [0.5, 0.6) is 0 Å². The molecule has 1 heteroatoms. The number of fused-ring (bicyclic) bond motifs is 12. The van der Waals surface area contributed by atoms with Gasteiger partial charge in [-0.05, 0) is 136 Å². The van der Waals surface area contributed by atoms with Crippen LogP contribution in [0, 0.1) is 0 Å². The summed E-state index contributed by atoms with van der Waals surface area (Å²) in [5.74, 6) is 0. The van der Waals surface area contributed by atoms with Gasteiger partial charge < -0.3 is 4.57 Å². The van der Waals surface area contributed by atoms with E-state index in [-0.39, 0.29) is 5.41 Å². The minimum absolute atomic E-state index is 0.0880. The number of hydrogen-bond acceptors (Lipinski definition) is 0. The van der Waals surface area contributed by atoms with E-state index in [1.54, 1.807) is 0 Å². The first-order valence-electron chi connectivity index (χ1n) is 19.7. The maximum Gasteiger partial charge on any atom is 0.0541 e. The van der Waals surface area contributed by atoms with Gasteiger partial charge in [0.25, 0.3) is 0 Å². The summed E-state index contributed by atoms with van der Waals surface area (Å²) in [6.07, 6.45) is 0. The van der Waals surface area contributed by atoms with Gasteiger partial charge in [-0.2, -0.15) is 0 Å². The van der Waals surface area contributed by atoms with Crippen LogP contribution in [0.2, 0.25) is 0 Å². The molecular formula is C55H37N. The third-order valence-electron chi connectivity index (χ3n) is 12.7. The Bertz CT molecular complexity index is 3270. The third kappa shape index (κ3) is 4.37. The molecule has 1 aliphatic rings. The van der Waals surface area contributed by atoms with Gasteiger partial charge in [-0.1, -0.05) is 153 Å². The molecule has 0 amide bonds. The second-order valence-corrected chi connectivity index (χ2v) is 16.1. The van der Waals surface area contributed by atoms with E-state index in [9.17, 15) is 0 Å². The van der Waals surface area contributed by atoms with Gasteiger partial charge in [0.15, 0.2) is 0 Å². The molecule has 12 rings (SSSR count). The van der Waals surface area contributed by atoms with Crippen molar-refractivity contribution in [1.29, 1.82) is 0 Å². The highest BCUT2D eigenvalue weighted by Gasteiger charge is 2.35. The van der Waals surface area contributed by atoms with Gasteiger partial charge in [-0.25, -0.2) is 0 Å². The lowest BCUT2D eigenvalue weighted by molar-refractivity contribution is 0.660. The molecule has 0 spiro atoms. The van der Waals surface area contributed by atoms with E-state index < -0.39 is 0 Å². The quantitative estimate of drug-likeness (QED) is 0.161. The molecule has 0 N–H and O–H groups in total. The van der Waals surface area contributed by atoms with Gasteiger partial charge in [-0.15, -0.1) is 0 Å². The fourth-order valence-corrected chi connectivity index (χ4v) is 10.1. The predicted octanol–water partition coefficient (Wildman–Crippen LogP) is 15.0. The Hall–Kier alpha value is -6.96. The number of rotatable bonds is 3. The maximum atomic E-state index is 2.49. The van der Waals surface area contributed by atoms with Crippen molar-refractivity contribution in [3.05, 3.63) is 199 Å². The van der Waals surface area contributed by atoms with Gasteiger partial charge in [0.2, 0.25) is 0 Å². The van der Waals surface area contributed by atoms with Crippen LogP contribution >= 0.6 is 0 Å². The Morgan fingerprint density at radius 2 is 0.786 bits per heavy atom. The van der Waals surface area contributed by atoms with Crippen LogP contribution in [0.4, 0.5) is 0 Å². The normalized spacial score (nSPS) is 13.3. The van der Waals surface area contributed by atoms with Crippen LogP contribution in [0.3, 0.4) is 0 Å². The van der Waals surface area contributed by atoms with Crippen molar-refractivity contribution in [2.45, 2.75) is 19.3 Å². The Kier molecular flexibility index (Phi) is 6.46. The Balaban J connectivity index is 1.14. The summed E-state index contributed by atoms with van der Waals surface area (Å²) in [5.41, 5.74) is 14.0. The predicted molar refractivity (Wildman–Crippen MR) is 239 cm³/mol. The smallest absolute Gasteiger partial charge is 0.0541 e. The minimum Gasteiger partial charge on any atom is -0.309 e. The van der Waals surface area contributed by atoms with Crippen molar-refractivity contribution in [1.82, 2.24) is 4.57 Å². The molecule has 0 saturated heterocycles. The largest absolute Gasteiger partial charge is 0.309 e. The molecule has 0 atom stereocenters. The van der Waals surface area contributed by atoms with E-state index in [1.807, 2.05) is 0 Å². The number of nitrogens with zero attached hydrogens (tertiary/aromatic N) is 1. The van der Waals surface area contributed by atoms with E-state index in [4.69, 9.17) is 0 Å². The molecule has 0 aliphatic heterocycles. The highest BCUT2D eigenvalue weighted by atomic mass is 15.0. The molecule has 11 aromatic rings. The summed E-state index contributed by atoms with van der Waals surface area (Å²) in [6, 6.07) is 70.3. The van der Waals surface area contributed by atoms with Crippen molar-refractivity contribution in [2.24, 2.45) is 0 Å². The second kappa shape index (κ2) is 11.5. The maximum absolute atomic E-state index is 2.49. The molecule has 0 bridgehead atoms. The minimum atomic E-state index is -0.0880. The van der Waals surface area contributed by atoms with Crippen molar-refractivity contribution < 1.29 is 0 Å². The molecule has 1 nitrogen and oxygen atoms in total. The Labute approximate surface area is 325 Å². The van der Waals surface area contributed by atoms with E-state index in [2.05, 4.69) is 206 Å². The fraction of sp³-hybridized carbons (Fsp3) is 0.0545. The standard InChI is InChI=1S/C55H37N/c1-55(2)51-22-12-11-21-45(51)46-26-25-38(33-52(46)55)56-53-27-23-36(47-29-34-13-3-5-15-39(34)41-17-7-9-19-43(41)47)31-49(53)50-32-37(24-28-54(50)56)48-30-35-14-4-6-16-40(35)42-18-8-10-20-44(42)48/h3-33H,1-2H3. The van der Waals surface area contributed by atoms with Crippen LogP contribution in [0.25, 0.3) is 104 Å². The number of benzene rings is 10. The summed E-state index contributed by atoms with van der Waals surface area (Å²) in [6.45, 7) is 4.74. The van der Waals surface area contributed by atoms with Gasteiger partial charge >= 0.3 is 0 Å². The van der Waals surface area contributed by atoms with Crippen molar-refractivity contribution in [3.63, 3.8) is 0 Å². The molecular weight excluding hydrogens is 675 g/mol. The molecule has 1 heterocycles. The zero-order valence-electron chi connectivity index (χ0n) is 31.3. The van der Waals surface area contributed by atoms with Crippen molar-refractivity contribution in [2.75, 3.05) is 0 Å². The van der Waals surface area contributed by atoms with Crippen LogP contribution in [0.15, 0.2) is 188 Å². The van der Waals surface area contributed by atoms with Crippen LogP contribution in [-0.2, 0) is 5.41 Å². The highest BCUT2D eigenvalue weighted by Crippen LogP contribution is 2.50. The number of aromatic nitrogens is 1. The summed E-state index contributed by atoms with van der Waals surface area (Å²) < 4.78 is 2.49. The lowest BCUT2D eigenvalue weighted by atomic mass is 9.82. The topological polar surface area (TPSA) is 4.93 Å². The fourth-order valence-electron chi connectivity index (χ4n) is 10.1. The summed E-state index contributed by atoms with van der Waals surface area (Å²) >= 11 is 0. The van der Waals surface area contributed by atoms with E-state index in [1.165, 1.54) is 115 Å². The van der Waals surface area contributed by atoms with E-state index in [0.29, 0.717) is 0 Å². The molecule has 0 radical (unpaired) electrons. The third-order valence-corrected chi connectivity index (χ3v) is 12.7. The first kappa shape index (κ1) is 31.4. The zero-order chi connectivity index (χ0) is 37.1. The van der Waals surface area contributed by atoms with Crippen LogP contribution in [-0.4, -0.2) is 4.57 Å².